The summed E-state index contributed by atoms with van der Waals surface area (Å²) in [5.41, 5.74) is 5.00. The smallest absolute Gasteiger partial charge is 0.250 e. The SMILES string of the molecule is CC(C)(C)[Si](C)(C)Oc1c(C=C(C#N)C#N)cc2c3c1CCCN3CCC2. The van der Waals surface area contributed by atoms with Crippen LogP contribution in [-0.2, 0) is 12.8 Å². The average molecular weight is 380 g/mol. The molecule has 0 unspecified atom stereocenters. The summed E-state index contributed by atoms with van der Waals surface area (Å²) >= 11 is 0. The molecule has 0 aliphatic carbocycles. The normalized spacial score (nSPS) is 16.0. The van der Waals surface area contributed by atoms with Gasteiger partial charge in [-0.3, -0.25) is 0 Å². The van der Waals surface area contributed by atoms with Gasteiger partial charge in [-0.2, -0.15) is 10.5 Å². The minimum absolute atomic E-state index is 0.0816. The lowest BCUT2D eigenvalue weighted by Gasteiger charge is -2.41. The summed E-state index contributed by atoms with van der Waals surface area (Å²) in [4.78, 5) is 2.50. The first-order chi connectivity index (χ1) is 12.7. The van der Waals surface area contributed by atoms with Crippen molar-refractivity contribution in [2.75, 3.05) is 18.0 Å². The highest BCUT2D eigenvalue weighted by molar-refractivity contribution is 6.74. The maximum Gasteiger partial charge on any atom is 0.250 e. The summed E-state index contributed by atoms with van der Waals surface area (Å²) in [5, 5.41) is 18.6. The van der Waals surface area contributed by atoms with Crippen LogP contribution in [0.2, 0.25) is 18.1 Å². The minimum Gasteiger partial charge on any atom is -0.543 e. The first-order valence-corrected chi connectivity index (χ1v) is 12.7. The number of allylic oxidation sites excluding steroid dienone is 1. The third kappa shape index (κ3) is 3.62. The maximum absolute atomic E-state index is 9.28. The van der Waals surface area contributed by atoms with Gasteiger partial charge in [0.05, 0.1) is 0 Å². The topological polar surface area (TPSA) is 60.0 Å². The molecule has 2 aliphatic rings. The van der Waals surface area contributed by atoms with Gasteiger partial charge in [0.1, 0.15) is 23.5 Å². The highest BCUT2D eigenvalue weighted by Crippen LogP contribution is 2.46. The molecule has 0 radical (unpaired) electrons. The van der Waals surface area contributed by atoms with E-state index < -0.39 is 8.32 Å². The lowest BCUT2D eigenvalue weighted by atomic mass is 9.88. The Hall–Kier alpha value is -2.24. The highest BCUT2D eigenvalue weighted by atomic mass is 28.4. The van der Waals surface area contributed by atoms with Crippen molar-refractivity contribution in [1.82, 2.24) is 0 Å². The quantitative estimate of drug-likeness (QED) is 0.535. The van der Waals surface area contributed by atoms with Crippen LogP contribution in [0.5, 0.6) is 5.75 Å². The molecule has 0 aromatic heterocycles. The molecule has 1 aromatic carbocycles. The largest absolute Gasteiger partial charge is 0.543 e. The van der Waals surface area contributed by atoms with Crippen LogP contribution in [0.25, 0.3) is 6.08 Å². The fourth-order valence-electron chi connectivity index (χ4n) is 3.74. The Kier molecular flexibility index (Phi) is 5.10. The Morgan fingerprint density at radius 2 is 1.78 bits per heavy atom. The summed E-state index contributed by atoms with van der Waals surface area (Å²) in [7, 11) is -2.05. The number of hydrogen-bond donors (Lipinski definition) is 0. The molecule has 3 rings (SSSR count). The second kappa shape index (κ2) is 7.06. The van der Waals surface area contributed by atoms with Gasteiger partial charge in [-0.05, 0) is 61.5 Å². The van der Waals surface area contributed by atoms with Crippen LogP contribution in [0, 0.1) is 22.7 Å². The molecular formula is C22H29N3OSi. The van der Waals surface area contributed by atoms with Crippen molar-refractivity contribution in [2.24, 2.45) is 0 Å². The van der Waals surface area contributed by atoms with Gasteiger partial charge >= 0.3 is 0 Å². The first kappa shape index (κ1) is 19.5. The Balaban J connectivity index is 2.23. The van der Waals surface area contributed by atoms with Crippen LogP contribution in [-0.4, -0.2) is 21.4 Å². The van der Waals surface area contributed by atoms with E-state index in [1.54, 1.807) is 6.08 Å². The predicted molar refractivity (Wildman–Crippen MR) is 112 cm³/mol. The molecule has 27 heavy (non-hydrogen) atoms. The zero-order valence-corrected chi connectivity index (χ0v) is 18.1. The first-order valence-electron chi connectivity index (χ1n) is 9.82. The van der Waals surface area contributed by atoms with Crippen LogP contribution >= 0.6 is 0 Å². The molecule has 0 amide bonds. The molecule has 4 nitrogen and oxygen atoms in total. The molecule has 0 N–H and O–H groups in total. The fourth-order valence-corrected chi connectivity index (χ4v) is 4.79. The number of rotatable bonds is 3. The Labute approximate surface area is 164 Å². The van der Waals surface area contributed by atoms with E-state index in [4.69, 9.17) is 4.43 Å². The number of nitriles is 2. The van der Waals surface area contributed by atoms with E-state index >= 15 is 0 Å². The summed E-state index contributed by atoms with van der Waals surface area (Å²) in [6, 6.07) is 6.17. The molecule has 0 spiro atoms. The lowest BCUT2D eigenvalue weighted by molar-refractivity contribution is 0.481. The average Bonchev–Trinajstić information content (AvgIpc) is 2.61. The van der Waals surface area contributed by atoms with E-state index in [-0.39, 0.29) is 10.6 Å². The van der Waals surface area contributed by atoms with Gasteiger partial charge in [0.2, 0.25) is 0 Å². The van der Waals surface area contributed by atoms with Crippen molar-refractivity contribution >= 4 is 20.1 Å². The summed E-state index contributed by atoms with van der Waals surface area (Å²) in [6.45, 7) is 13.4. The van der Waals surface area contributed by atoms with Crippen LogP contribution < -0.4 is 9.33 Å². The number of anilines is 1. The van der Waals surface area contributed by atoms with E-state index in [0.29, 0.717) is 0 Å². The Morgan fingerprint density at radius 1 is 1.15 bits per heavy atom. The van der Waals surface area contributed by atoms with E-state index in [2.05, 4.69) is 44.8 Å². The van der Waals surface area contributed by atoms with E-state index in [1.807, 2.05) is 12.1 Å². The molecule has 0 atom stereocenters. The third-order valence-corrected chi connectivity index (χ3v) is 10.5. The Bertz CT molecular complexity index is 848. The van der Waals surface area contributed by atoms with Crippen molar-refractivity contribution in [2.45, 2.75) is 64.6 Å². The van der Waals surface area contributed by atoms with Crippen molar-refractivity contribution in [1.29, 1.82) is 10.5 Å². The molecule has 0 bridgehead atoms. The predicted octanol–water partition coefficient (Wildman–Crippen LogP) is 5.20. The summed E-state index contributed by atoms with van der Waals surface area (Å²) in [6.07, 6.45) is 6.04. The number of benzene rings is 1. The molecule has 2 heterocycles. The second-order valence-corrected chi connectivity index (χ2v) is 13.8. The number of nitrogens with zero attached hydrogens (tertiary/aromatic N) is 3. The third-order valence-electron chi connectivity index (χ3n) is 6.21. The molecule has 2 aliphatic heterocycles. The van der Waals surface area contributed by atoms with Gasteiger partial charge < -0.3 is 9.33 Å². The summed E-state index contributed by atoms with van der Waals surface area (Å²) in [5.74, 6) is 0.912. The molecule has 1 aromatic rings. The van der Waals surface area contributed by atoms with Gasteiger partial charge in [0.25, 0.3) is 8.32 Å². The molecule has 0 saturated heterocycles. The van der Waals surface area contributed by atoms with Gasteiger partial charge in [-0.15, -0.1) is 0 Å². The van der Waals surface area contributed by atoms with Crippen LogP contribution in [0.3, 0.4) is 0 Å². The highest BCUT2D eigenvalue weighted by Gasteiger charge is 2.40. The van der Waals surface area contributed by atoms with Crippen molar-refractivity contribution in [3.63, 3.8) is 0 Å². The number of aryl methyl sites for hydroxylation is 1. The molecular weight excluding hydrogens is 350 g/mol. The standard InChI is InChI=1S/C22H29N3OSi/c1-22(2,3)27(4,5)26-21-18(12-16(14-23)15-24)13-17-8-6-10-25-11-7-9-19(21)20(17)25/h12-13H,6-11H2,1-5H3. The minimum atomic E-state index is -2.05. The van der Waals surface area contributed by atoms with Crippen LogP contribution in [0.15, 0.2) is 11.6 Å². The zero-order chi connectivity index (χ0) is 19.8. The summed E-state index contributed by atoms with van der Waals surface area (Å²) < 4.78 is 6.81. The van der Waals surface area contributed by atoms with Crippen molar-refractivity contribution < 1.29 is 4.43 Å². The molecule has 0 fully saturated rings. The van der Waals surface area contributed by atoms with E-state index in [9.17, 15) is 10.5 Å². The molecule has 5 heteroatoms. The zero-order valence-electron chi connectivity index (χ0n) is 17.1. The van der Waals surface area contributed by atoms with Gasteiger partial charge in [0, 0.05) is 29.9 Å². The van der Waals surface area contributed by atoms with Gasteiger partial charge in [-0.25, -0.2) is 0 Å². The van der Waals surface area contributed by atoms with E-state index in [0.717, 1.165) is 50.1 Å². The lowest BCUT2D eigenvalue weighted by Crippen LogP contribution is -2.44. The van der Waals surface area contributed by atoms with E-state index in [1.165, 1.54) is 16.8 Å². The van der Waals surface area contributed by atoms with Gasteiger partial charge in [-0.1, -0.05) is 20.8 Å². The van der Waals surface area contributed by atoms with Crippen molar-refractivity contribution in [3.05, 3.63) is 28.3 Å². The number of hydrogen-bond acceptors (Lipinski definition) is 4. The van der Waals surface area contributed by atoms with Crippen LogP contribution in [0.4, 0.5) is 5.69 Å². The van der Waals surface area contributed by atoms with Crippen LogP contribution in [0.1, 0.15) is 50.3 Å². The monoisotopic (exact) mass is 379 g/mol. The fraction of sp³-hybridized carbons (Fsp3) is 0.545. The van der Waals surface area contributed by atoms with Crippen molar-refractivity contribution in [3.8, 4) is 17.9 Å². The second-order valence-electron chi connectivity index (χ2n) is 9.12. The molecule has 0 saturated carbocycles. The molecule has 142 valence electrons. The van der Waals surface area contributed by atoms with Gasteiger partial charge in [0.15, 0.2) is 0 Å². The maximum atomic E-state index is 9.28. The Morgan fingerprint density at radius 3 is 2.37 bits per heavy atom.